The van der Waals surface area contributed by atoms with E-state index in [2.05, 4.69) is 16.4 Å². The van der Waals surface area contributed by atoms with Gasteiger partial charge in [-0.15, -0.1) is 0 Å². The number of benzene rings is 2. The van der Waals surface area contributed by atoms with Gasteiger partial charge in [-0.2, -0.15) is 0 Å². The minimum atomic E-state index is -0.406. The van der Waals surface area contributed by atoms with Gasteiger partial charge in [0.2, 0.25) is 0 Å². The molecule has 1 heterocycles. The van der Waals surface area contributed by atoms with Gasteiger partial charge in [-0.05, 0) is 48.5 Å². The molecule has 1 unspecified atom stereocenters. The molecule has 1 aromatic heterocycles. The summed E-state index contributed by atoms with van der Waals surface area (Å²) in [6, 6.07) is 14.8. The Morgan fingerprint density at radius 1 is 1.10 bits per heavy atom. The summed E-state index contributed by atoms with van der Waals surface area (Å²) in [5.41, 5.74) is 2.83. The van der Waals surface area contributed by atoms with Crippen LogP contribution >= 0.6 is 11.6 Å². The number of hydrogen-bond acceptors (Lipinski definition) is 2. The molecule has 3 rings (SSSR count). The minimum absolute atomic E-state index is 0.0960. The second-order valence-corrected chi connectivity index (χ2v) is 5.26. The monoisotopic (exact) mass is 300 g/mol. The number of halogens is 2. The molecule has 0 aliphatic carbocycles. The van der Waals surface area contributed by atoms with Gasteiger partial charge in [0.1, 0.15) is 5.82 Å². The van der Waals surface area contributed by atoms with Crippen LogP contribution in [-0.2, 0) is 0 Å². The molecule has 4 heteroatoms. The highest BCUT2D eigenvalue weighted by Crippen LogP contribution is 2.27. The molecule has 3 aromatic rings. The molecular formula is C17H14ClFN2. The zero-order chi connectivity index (χ0) is 14.8. The Morgan fingerprint density at radius 2 is 1.86 bits per heavy atom. The summed E-state index contributed by atoms with van der Waals surface area (Å²) in [5, 5.41) is 4.41. The van der Waals surface area contributed by atoms with Crippen LogP contribution in [0.1, 0.15) is 17.2 Å². The Balaban J connectivity index is 2.06. The first-order chi connectivity index (χ1) is 10.2. The lowest BCUT2D eigenvalue weighted by Gasteiger charge is -2.18. The van der Waals surface area contributed by atoms with Gasteiger partial charge >= 0.3 is 0 Å². The number of pyridine rings is 1. The lowest BCUT2D eigenvalue weighted by molar-refractivity contribution is 0.617. The summed E-state index contributed by atoms with van der Waals surface area (Å²) < 4.78 is 13.7. The fraction of sp³-hybridized carbons (Fsp3) is 0.118. The van der Waals surface area contributed by atoms with Gasteiger partial charge in [-0.3, -0.25) is 4.98 Å². The van der Waals surface area contributed by atoms with Crippen LogP contribution in [0.3, 0.4) is 0 Å². The highest BCUT2D eigenvalue weighted by atomic mass is 35.5. The molecule has 21 heavy (non-hydrogen) atoms. The Bertz CT molecular complexity index is 789. The summed E-state index contributed by atoms with van der Waals surface area (Å²) in [4.78, 5) is 4.31. The summed E-state index contributed by atoms with van der Waals surface area (Å²) in [6.07, 6.45) is 1.77. The van der Waals surface area contributed by atoms with Gasteiger partial charge in [0.25, 0.3) is 0 Å². The molecule has 0 fully saturated rings. The van der Waals surface area contributed by atoms with Crippen LogP contribution in [0.2, 0.25) is 5.02 Å². The minimum Gasteiger partial charge on any atom is -0.309 e. The van der Waals surface area contributed by atoms with Crippen molar-refractivity contribution in [2.75, 3.05) is 7.05 Å². The molecule has 0 saturated heterocycles. The lowest BCUT2D eigenvalue weighted by atomic mass is 9.97. The van der Waals surface area contributed by atoms with Crippen LogP contribution in [0.5, 0.6) is 0 Å². The second kappa shape index (κ2) is 5.80. The molecule has 0 radical (unpaired) electrons. The molecule has 2 nitrogen and oxygen atoms in total. The fourth-order valence-electron chi connectivity index (χ4n) is 2.49. The van der Waals surface area contributed by atoms with Gasteiger partial charge < -0.3 is 5.32 Å². The van der Waals surface area contributed by atoms with E-state index in [9.17, 15) is 4.39 Å². The number of hydrogen-bond donors (Lipinski definition) is 1. The molecular weight excluding hydrogens is 287 g/mol. The van der Waals surface area contributed by atoms with Crippen molar-refractivity contribution in [3.8, 4) is 0 Å². The van der Waals surface area contributed by atoms with Crippen molar-refractivity contribution in [1.82, 2.24) is 10.3 Å². The highest BCUT2D eigenvalue weighted by Gasteiger charge is 2.14. The third kappa shape index (κ3) is 2.75. The van der Waals surface area contributed by atoms with Gasteiger partial charge in [-0.1, -0.05) is 29.8 Å². The molecule has 106 valence electrons. The molecule has 0 spiro atoms. The van der Waals surface area contributed by atoms with Gasteiger partial charge in [0, 0.05) is 11.6 Å². The molecule has 0 saturated carbocycles. The number of aromatic nitrogens is 1. The maximum atomic E-state index is 13.7. The first-order valence-corrected chi connectivity index (χ1v) is 7.04. The number of nitrogens with one attached hydrogen (secondary N) is 1. The summed E-state index contributed by atoms with van der Waals surface area (Å²) in [6.45, 7) is 0. The Kier molecular flexibility index (Phi) is 3.86. The van der Waals surface area contributed by atoms with Crippen molar-refractivity contribution in [2.45, 2.75) is 6.04 Å². The van der Waals surface area contributed by atoms with Gasteiger partial charge in [0.15, 0.2) is 0 Å². The zero-order valence-electron chi connectivity index (χ0n) is 11.5. The third-order valence-electron chi connectivity index (χ3n) is 3.53. The van der Waals surface area contributed by atoms with Crippen molar-refractivity contribution in [3.63, 3.8) is 0 Å². The van der Waals surface area contributed by atoms with E-state index in [-0.39, 0.29) is 11.1 Å². The molecule has 1 N–H and O–H groups in total. The average molecular weight is 301 g/mol. The van der Waals surface area contributed by atoms with Crippen LogP contribution in [0, 0.1) is 5.82 Å². The topological polar surface area (TPSA) is 24.9 Å². The largest absolute Gasteiger partial charge is 0.309 e. The second-order valence-electron chi connectivity index (χ2n) is 4.85. The average Bonchev–Trinajstić information content (AvgIpc) is 2.51. The predicted molar refractivity (Wildman–Crippen MR) is 84.1 cm³/mol. The van der Waals surface area contributed by atoms with Crippen LogP contribution in [-0.4, -0.2) is 12.0 Å². The Labute approximate surface area is 127 Å². The van der Waals surface area contributed by atoms with E-state index >= 15 is 0 Å². The zero-order valence-corrected chi connectivity index (χ0v) is 12.2. The number of nitrogens with zero attached hydrogens (tertiary/aromatic N) is 1. The first kappa shape index (κ1) is 14.0. The molecule has 0 bridgehead atoms. The van der Waals surface area contributed by atoms with Crippen LogP contribution in [0.25, 0.3) is 10.9 Å². The Hall–Kier alpha value is -1.97. The molecule has 0 aliphatic heterocycles. The maximum Gasteiger partial charge on any atom is 0.142 e. The SMILES string of the molecule is CNC(c1ccc(Cl)c(F)c1)c1ccc2ncccc2c1. The molecule has 1 atom stereocenters. The van der Waals surface area contributed by atoms with E-state index in [0.717, 1.165) is 22.0 Å². The van der Waals surface area contributed by atoms with E-state index < -0.39 is 5.82 Å². The molecule has 2 aromatic carbocycles. The Morgan fingerprint density at radius 3 is 2.62 bits per heavy atom. The van der Waals surface area contributed by atoms with E-state index in [1.54, 1.807) is 12.3 Å². The molecule has 0 amide bonds. The fourth-order valence-corrected chi connectivity index (χ4v) is 2.61. The van der Waals surface area contributed by atoms with Crippen molar-refractivity contribution >= 4 is 22.5 Å². The van der Waals surface area contributed by atoms with E-state index in [0.29, 0.717) is 0 Å². The number of fused-ring (bicyclic) bond motifs is 1. The van der Waals surface area contributed by atoms with Crippen molar-refractivity contribution in [3.05, 3.63) is 76.7 Å². The van der Waals surface area contributed by atoms with Gasteiger partial charge in [0.05, 0.1) is 16.6 Å². The number of rotatable bonds is 3. The normalized spacial score (nSPS) is 12.5. The van der Waals surface area contributed by atoms with Gasteiger partial charge in [-0.25, -0.2) is 4.39 Å². The van der Waals surface area contributed by atoms with E-state index in [4.69, 9.17) is 11.6 Å². The first-order valence-electron chi connectivity index (χ1n) is 6.66. The van der Waals surface area contributed by atoms with E-state index in [1.807, 2.05) is 37.4 Å². The smallest absolute Gasteiger partial charge is 0.142 e. The van der Waals surface area contributed by atoms with Crippen LogP contribution < -0.4 is 5.32 Å². The highest BCUT2D eigenvalue weighted by molar-refractivity contribution is 6.30. The predicted octanol–water partition coefficient (Wildman–Crippen LogP) is 4.34. The van der Waals surface area contributed by atoms with Crippen molar-refractivity contribution < 1.29 is 4.39 Å². The van der Waals surface area contributed by atoms with E-state index in [1.165, 1.54) is 6.07 Å². The summed E-state index contributed by atoms with van der Waals surface area (Å²) in [5.74, 6) is -0.406. The quantitative estimate of drug-likeness (QED) is 0.778. The standard InChI is InChI=1S/C17H14ClFN2/c1-20-17(13-4-6-14(18)15(19)10-13)12-5-7-16-11(9-12)3-2-8-21-16/h2-10,17,20H,1H3. The van der Waals surface area contributed by atoms with Crippen molar-refractivity contribution in [1.29, 1.82) is 0 Å². The van der Waals surface area contributed by atoms with Crippen LogP contribution in [0.4, 0.5) is 4.39 Å². The van der Waals surface area contributed by atoms with Crippen LogP contribution in [0.15, 0.2) is 54.7 Å². The molecule has 0 aliphatic rings. The summed E-state index contributed by atoms with van der Waals surface area (Å²) >= 11 is 5.75. The lowest BCUT2D eigenvalue weighted by Crippen LogP contribution is -2.17. The maximum absolute atomic E-state index is 13.7. The summed E-state index contributed by atoms with van der Waals surface area (Å²) in [7, 11) is 1.85. The van der Waals surface area contributed by atoms with Crippen molar-refractivity contribution in [2.24, 2.45) is 0 Å². The third-order valence-corrected chi connectivity index (χ3v) is 3.83.